The molecular formula is C15H23NS2. The van der Waals surface area contributed by atoms with E-state index in [1.165, 1.54) is 44.9 Å². The second-order valence-corrected chi connectivity index (χ2v) is 7.77. The van der Waals surface area contributed by atoms with Gasteiger partial charge in [-0.15, -0.1) is 11.3 Å². The Morgan fingerprint density at radius 3 is 3.11 bits per heavy atom. The van der Waals surface area contributed by atoms with Gasteiger partial charge in [0.15, 0.2) is 0 Å². The van der Waals surface area contributed by atoms with Crippen LogP contribution in [0.5, 0.6) is 0 Å². The highest BCUT2D eigenvalue weighted by molar-refractivity contribution is 7.99. The summed E-state index contributed by atoms with van der Waals surface area (Å²) in [6.07, 6.45) is 11.9. The van der Waals surface area contributed by atoms with E-state index in [0.29, 0.717) is 6.04 Å². The van der Waals surface area contributed by atoms with Crippen LogP contribution in [0.15, 0.2) is 11.4 Å². The molecule has 1 heterocycles. The van der Waals surface area contributed by atoms with E-state index >= 15 is 0 Å². The Morgan fingerprint density at radius 1 is 1.28 bits per heavy atom. The maximum absolute atomic E-state index is 3.96. The number of rotatable bonds is 3. The lowest BCUT2D eigenvalue weighted by Crippen LogP contribution is -2.38. The summed E-state index contributed by atoms with van der Waals surface area (Å²) in [6.45, 7) is 0. The Morgan fingerprint density at radius 2 is 2.22 bits per heavy atom. The van der Waals surface area contributed by atoms with Gasteiger partial charge in [-0.1, -0.05) is 6.42 Å². The van der Waals surface area contributed by atoms with Crippen LogP contribution in [-0.2, 0) is 6.42 Å². The minimum absolute atomic E-state index is 0.644. The second kappa shape index (κ2) is 5.98. The molecule has 100 valence electrons. The summed E-state index contributed by atoms with van der Waals surface area (Å²) in [4.78, 5) is 1.64. The molecule has 3 heteroatoms. The van der Waals surface area contributed by atoms with Crippen molar-refractivity contribution in [2.75, 3.05) is 6.26 Å². The monoisotopic (exact) mass is 281 g/mol. The maximum Gasteiger partial charge on any atom is 0.0333 e. The first-order valence-electron chi connectivity index (χ1n) is 7.22. The number of nitrogens with one attached hydrogen (secondary N) is 1. The Hall–Kier alpha value is 0.0100. The minimum Gasteiger partial charge on any atom is -0.307 e. The van der Waals surface area contributed by atoms with Crippen molar-refractivity contribution in [3.8, 4) is 0 Å². The number of hydrogen-bond donors (Lipinski definition) is 1. The minimum atomic E-state index is 0.644. The fourth-order valence-corrected chi connectivity index (χ4v) is 5.27. The Bertz CT molecular complexity index is 388. The molecule has 2 aliphatic rings. The van der Waals surface area contributed by atoms with Gasteiger partial charge in [-0.3, -0.25) is 0 Å². The average Bonchev–Trinajstić information content (AvgIpc) is 2.88. The van der Waals surface area contributed by atoms with Crippen molar-refractivity contribution in [3.63, 3.8) is 0 Å². The van der Waals surface area contributed by atoms with E-state index in [1.54, 1.807) is 10.4 Å². The highest BCUT2D eigenvalue weighted by Gasteiger charge is 2.26. The summed E-state index contributed by atoms with van der Waals surface area (Å²) >= 11 is 4.01. The molecule has 2 aliphatic carbocycles. The molecule has 0 bridgehead atoms. The van der Waals surface area contributed by atoms with Gasteiger partial charge >= 0.3 is 0 Å². The van der Waals surface area contributed by atoms with Crippen molar-refractivity contribution in [2.45, 2.75) is 62.3 Å². The molecule has 1 saturated carbocycles. The highest BCUT2D eigenvalue weighted by Crippen LogP contribution is 2.35. The molecule has 0 aromatic carbocycles. The van der Waals surface area contributed by atoms with E-state index in [4.69, 9.17) is 0 Å². The van der Waals surface area contributed by atoms with Crippen LogP contribution in [0, 0.1) is 0 Å². The van der Waals surface area contributed by atoms with Crippen molar-refractivity contribution in [3.05, 3.63) is 21.9 Å². The molecule has 1 nitrogen and oxygen atoms in total. The van der Waals surface area contributed by atoms with Gasteiger partial charge in [0, 0.05) is 22.2 Å². The predicted molar refractivity (Wildman–Crippen MR) is 82.7 cm³/mol. The molecule has 0 spiro atoms. The molecule has 1 aromatic heterocycles. The fourth-order valence-electron chi connectivity index (χ4n) is 3.45. The summed E-state index contributed by atoms with van der Waals surface area (Å²) in [5.74, 6) is 0. The molecular weight excluding hydrogens is 258 g/mol. The molecule has 0 amide bonds. The zero-order valence-electron chi connectivity index (χ0n) is 11.2. The Labute approximate surface area is 119 Å². The van der Waals surface area contributed by atoms with Crippen LogP contribution < -0.4 is 5.32 Å². The van der Waals surface area contributed by atoms with Gasteiger partial charge in [0.2, 0.25) is 0 Å². The van der Waals surface area contributed by atoms with Crippen LogP contribution in [0.2, 0.25) is 0 Å². The first-order valence-corrected chi connectivity index (χ1v) is 9.38. The van der Waals surface area contributed by atoms with Crippen molar-refractivity contribution in [1.82, 2.24) is 5.32 Å². The summed E-state index contributed by atoms with van der Waals surface area (Å²) in [5, 5.41) is 7.12. The highest BCUT2D eigenvalue weighted by atomic mass is 32.2. The Balaban J connectivity index is 1.64. The predicted octanol–water partition coefficient (Wildman–Crippen LogP) is 4.39. The summed E-state index contributed by atoms with van der Waals surface area (Å²) in [7, 11) is 0. The summed E-state index contributed by atoms with van der Waals surface area (Å²) in [5.41, 5.74) is 1.61. The molecule has 1 aromatic rings. The van der Waals surface area contributed by atoms with Crippen LogP contribution in [0.4, 0.5) is 0 Å². The van der Waals surface area contributed by atoms with Gasteiger partial charge < -0.3 is 5.32 Å². The van der Waals surface area contributed by atoms with Crippen LogP contribution in [0.3, 0.4) is 0 Å². The van der Waals surface area contributed by atoms with Crippen LogP contribution in [0.1, 0.15) is 55.0 Å². The number of thioether (sulfide) groups is 1. The molecule has 0 aliphatic heterocycles. The maximum atomic E-state index is 3.96. The molecule has 1 fully saturated rings. The fraction of sp³-hybridized carbons (Fsp3) is 0.733. The van der Waals surface area contributed by atoms with Crippen molar-refractivity contribution < 1.29 is 0 Å². The Kier molecular flexibility index (Phi) is 4.32. The van der Waals surface area contributed by atoms with E-state index in [1.807, 2.05) is 11.3 Å². The van der Waals surface area contributed by atoms with Crippen molar-refractivity contribution in [2.24, 2.45) is 0 Å². The van der Waals surface area contributed by atoms with E-state index in [0.717, 1.165) is 11.3 Å². The average molecular weight is 281 g/mol. The van der Waals surface area contributed by atoms with Crippen LogP contribution in [0.25, 0.3) is 0 Å². The third kappa shape index (κ3) is 2.78. The van der Waals surface area contributed by atoms with Crippen molar-refractivity contribution in [1.29, 1.82) is 0 Å². The first kappa shape index (κ1) is 13.0. The van der Waals surface area contributed by atoms with Crippen LogP contribution in [-0.4, -0.2) is 17.5 Å². The second-order valence-electron chi connectivity index (χ2n) is 5.63. The standard InChI is InChI=1S/C15H23NS2/c1-17-12-5-2-4-11(10-12)16-14-6-3-7-15-13(14)8-9-18-15/h8-9,11-12,14,16H,2-7,10H2,1H3. The molecule has 3 rings (SSSR count). The SMILES string of the molecule is CSC1CCCC(NC2CCCc3sccc32)C1. The largest absolute Gasteiger partial charge is 0.307 e. The molecule has 0 saturated heterocycles. The number of hydrogen-bond acceptors (Lipinski definition) is 3. The summed E-state index contributed by atoms with van der Waals surface area (Å²) in [6, 6.07) is 3.75. The zero-order chi connectivity index (χ0) is 12.4. The van der Waals surface area contributed by atoms with Gasteiger partial charge in [0.1, 0.15) is 0 Å². The topological polar surface area (TPSA) is 12.0 Å². The van der Waals surface area contributed by atoms with E-state index < -0.39 is 0 Å². The number of thiophene rings is 1. The lowest BCUT2D eigenvalue weighted by atomic mass is 9.90. The first-order chi connectivity index (χ1) is 8.86. The van der Waals surface area contributed by atoms with Gasteiger partial charge in [-0.25, -0.2) is 0 Å². The van der Waals surface area contributed by atoms with E-state index in [-0.39, 0.29) is 0 Å². The zero-order valence-corrected chi connectivity index (χ0v) is 12.8. The summed E-state index contributed by atoms with van der Waals surface area (Å²) < 4.78 is 0. The number of fused-ring (bicyclic) bond motifs is 1. The molecule has 0 radical (unpaired) electrons. The van der Waals surface area contributed by atoms with E-state index in [9.17, 15) is 0 Å². The third-order valence-electron chi connectivity index (χ3n) is 4.45. The molecule has 3 atom stereocenters. The number of aryl methyl sites for hydroxylation is 1. The quantitative estimate of drug-likeness (QED) is 0.882. The van der Waals surface area contributed by atoms with Crippen molar-refractivity contribution >= 4 is 23.1 Å². The van der Waals surface area contributed by atoms with Gasteiger partial charge in [-0.05, 0) is 61.8 Å². The van der Waals surface area contributed by atoms with Gasteiger partial charge in [0.05, 0.1) is 0 Å². The smallest absolute Gasteiger partial charge is 0.0333 e. The molecule has 18 heavy (non-hydrogen) atoms. The normalized spacial score (nSPS) is 32.2. The van der Waals surface area contributed by atoms with Gasteiger partial charge in [-0.2, -0.15) is 11.8 Å². The van der Waals surface area contributed by atoms with Crippen LogP contribution >= 0.6 is 23.1 Å². The van der Waals surface area contributed by atoms with Gasteiger partial charge in [0.25, 0.3) is 0 Å². The lowest BCUT2D eigenvalue weighted by Gasteiger charge is -2.33. The molecule has 3 unspecified atom stereocenters. The lowest BCUT2D eigenvalue weighted by molar-refractivity contribution is 0.327. The molecule has 1 N–H and O–H groups in total. The third-order valence-corrected chi connectivity index (χ3v) is 6.54. The van der Waals surface area contributed by atoms with E-state index in [2.05, 4.69) is 34.8 Å².